The first-order chi connectivity index (χ1) is 16.0. The molecule has 1 aliphatic rings. The number of ether oxygens (including phenoxy) is 2. The van der Waals surface area contributed by atoms with Crippen molar-refractivity contribution >= 4 is 29.3 Å². The van der Waals surface area contributed by atoms with E-state index in [1.807, 2.05) is 49.4 Å². The van der Waals surface area contributed by atoms with Crippen molar-refractivity contribution in [2.45, 2.75) is 19.4 Å². The Balaban J connectivity index is 1.90. The fourth-order valence-electron chi connectivity index (χ4n) is 3.64. The molecule has 0 radical (unpaired) electrons. The summed E-state index contributed by atoms with van der Waals surface area (Å²) in [6.07, 6.45) is 0.501. The number of carbonyl (C=O) groups is 2. The summed E-state index contributed by atoms with van der Waals surface area (Å²) in [6.45, 7) is 2.77. The van der Waals surface area contributed by atoms with Crippen LogP contribution in [0.4, 0.5) is 4.79 Å². The van der Waals surface area contributed by atoms with Gasteiger partial charge in [-0.05, 0) is 30.7 Å². The maximum atomic E-state index is 13.4. The zero-order valence-electron chi connectivity index (χ0n) is 19.1. The molecule has 1 heterocycles. The highest BCUT2D eigenvalue weighted by molar-refractivity contribution is 6.34. The minimum absolute atomic E-state index is 0.124. The summed E-state index contributed by atoms with van der Waals surface area (Å²) in [5, 5.41) is 9.43. The summed E-state index contributed by atoms with van der Waals surface area (Å²) in [4.78, 5) is 27.3. The smallest absolute Gasteiger partial charge is 0.317 e. The summed E-state index contributed by atoms with van der Waals surface area (Å²) in [6, 6.07) is 14.3. The molecule has 0 unspecified atom stereocenters. The van der Waals surface area contributed by atoms with Gasteiger partial charge in [-0.3, -0.25) is 4.79 Å². The second-order valence-electron chi connectivity index (χ2n) is 7.51. The van der Waals surface area contributed by atoms with Gasteiger partial charge in [0.2, 0.25) is 0 Å². The van der Waals surface area contributed by atoms with E-state index >= 15 is 0 Å². The Morgan fingerprint density at radius 2 is 1.91 bits per heavy atom. The number of hydrogen-bond donors (Lipinski definition) is 1. The van der Waals surface area contributed by atoms with E-state index in [9.17, 15) is 9.59 Å². The lowest BCUT2D eigenvalue weighted by atomic mass is 9.98. The Morgan fingerprint density at radius 3 is 2.55 bits per heavy atom. The van der Waals surface area contributed by atoms with Crippen molar-refractivity contribution in [1.82, 2.24) is 15.2 Å². The first-order valence-electron chi connectivity index (χ1n) is 10.8. The molecular formula is C24H29ClN4O4. The van der Waals surface area contributed by atoms with Crippen molar-refractivity contribution in [3.8, 4) is 5.75 Å². The number of hydrogen-bond acceptors (Lipinski definition) is 5. The number of rotatable bonds is 9. The highest BCUT2D eigenvalue weighted by atomic mass is 35.5. The van der Waals surface area contributed by atoms with Crippen LogP contribution < -0.4 is 10.1 Å². The lowest BCUT2D eigenvalue weighted by molar-refractivity contribution is -0.133. The van der Waals surface area contributed by atoms with Gasteiger partial charge in [-0.2, -0.15) is 5.10 Å². The van der Waals surface area contributed by atoms with E-state index in [0.29, 0.717) is 24.6 Å². The SMILES string of the molecule is CCNC(=O)N(CCOC)CC(=O)N1N=C(c2ccccc2Cl)C[C@H]1c1ccc(OC)cc1. The van der Waals surface area contributed by atoms with Crippen molar-refractivity contribution in [3.05, 3.63) is 64.7 Å². The molecule has 9 heteroatoms. The van der Waals surface area contributed by atoms with Crippen LogP contribution in [0.15, 0.2) is 53.6 Å². The predicted molar refractivity (Wildman–Crippen MR) is 128 cm³/mol. The molecule has 1 aliphatic heterocycles. The summed E-state index contributed by atoms with van der Waals surface area (Å²) in [5.74, 6) is 0.434. The minimum Gasteiger partial charge on any atom is -0.497 e. The molecule has 0 bridgehead atoms. The average molecular weight is 473 g/mol. The first-order valence-corrected chi connectivity index (χ1v) is 11.2. The molecule has 0 saturated carbocycles. The summed E-state index contributed by atoms with van der Waals surface area (Å²) >= 11 is 6.41. The maximum absolute atomic E-state index is 13.4. The Hall–Kier alpha value is -3.10. The average Bonchev–Trinajstić information content (AvgIpc) is 3.27. The van der Waals surface area contributed by atoms with Crippen LogP contribution in [0.5, 0.6) is 5.75 Å². The minimum atomic E-state index is -0.326. The van der Waals surface area contributed by atoms with E-state index in [1.54, 1.807) is 20.3 Å². The number of benzene rings is 2. The van der Waals surface area contributed by atoms with E-state index in [-0.39, 0.29) is 31.1 Å². The number of urea groups is 1. The quantitative estimate of drug-likeness (QED) is 0.603. The van der Waals surface area contributed by atoms with Gasteiger partial charge in [0, 0.05) is 37.2 Å². The Labute approximate surface area is 199 Å². The fourth-order valence-corrected chi connectivity index (χ4v) is 3.88. The van der Waals surface area contributed by atoms with E-state index in [1.165, 1.54) is 9.91 Å². The number of carbonyl (C=O) groups excluding carboxylic acids is 2. The Morgan fingerprint density at radius 1 is 1.18 bits per heavy atom. The topological polar surface area (TPSA) is 83.5 Å². The van der Waals surface area contributed by atoms with E-state index < -0.39 is 0 Å². The van der Waals surface area contributed by atoms with Crippen LogP contribution in [0.25, 0.3) is 0 Å². The number of amides is 3. The molecule has 1 atom stereocenters. The highest BCUT2D eigenvalue weighted by Gasteiger charge is 2.34. The number of methoxy groups -OCH3 is 2. The van der Waals surface area contributed by atoms with Crippen LogP contribution >= 0.6 is 11.6 Å². The third-order valence-corrected chi connectivity index (χ3v) is 5.69. The Bertz CT molecular complexity index is 996. The molecule has 3 rings (SSSR count). The first kappa shape index (κ1) is 24.5. The van der Waals surface area contributed by atoms with E-state index in [2.05, 4.69) is 10.4 Å². The molecule has 2 aromatic rings. The summed E-state index contributed by atoms with van der Waals surface area (Å²) in [5.41, 5.74) is 2.42. The third-order valence-electron chi connectivity index (χ3n) is 5.36. The molecule has 8 nitrogen and oxygen atoms in total. The van der Waals surface area contributed by atoms with Crippen molar-refractivity contribution in [1.29, 1.82) is 0 Å². The molecular weight excluding hydrogens is 444 g/mol. The maximum Gasteiger partial charge on any atom is 0.317 e. The normalized spacial score (nSPS) is 15.2. The second-order valence-corrected chi connectivity index (χ2v) is 7.91. The van der Waals surface area contributed by atoms with Gasteiger partial charge in [-0.15, -0.1) is 0 Å². The predicted octanol–water partition coefficient (Wildman–Crippen LogP) is 3.70. The lowest BCUT2D eigenvalue weighted by Gasteiger charge is -2.27. The van der Waals surface area contributed by atoms with Gasteiger partial charge in [0.15, 0.2) is 0 Å². The van der Waals surface area contributed by atoms with Gasteiger partial charge >= 0.3 is 6.03 Å². The van der Waals surface area contributed by atoms with Crippen molar-refractivity contribution in [2.75, 3.05) is 40.5 Å². The van der Waals surface area contributed by atoms with Crippen LogP contribution in [0.3, 0.4) is 0 Å². The molecule has 33 heavy (non-hydrogen) atoms. The standard InChI is InChI=1S/C24H29ClN4O4/c1-4-26-24(31)28(13-14-32-2)16-23(30)29-22(17-9-11-18(33-3)12-10-17)15-21(27-29)19-7-5-6-8-20(19)25/h5-12,22H,4,13-16H2,1-3H3,(H,26,31)/t22-/m0/s1. The van der Waals surface area contributed by atoms with Gasteiger partial charge in [0.05, 0.1) is 25.5 Å². The summed E-state index contributed by atoms with van der Waals surface area (Å²) < 4.78 is 10.4. The third kappa shape index (κ3) is 6.03. The lowest BCUT2D eigenvalue weighted by Crippen LogP contribution is -2.47. The number of halogens is 1. The van der Waals surface area contributed by atoms with E-state index in [4.69, 9.17) is 21.1 Å². The van der Waals surface area contributed by atoms with Crippen LogP contribution in [0.1, 0.15) is 30.5 Å². The van der Waals surface area contributed by atoms with Crippen LogP contribution in [0.2, 0.25) is 5.02 Å². The van der Waals surface area contributed by atoms with Crippen LogP contribution in [-0.2, 0) is 9.53 Å². The van der Waals surface area contributed by atoms with Crippen molar-refractivity contribution < 1.29 is 19.1 Å². The van der Waals surface area contributed by atoms with Gasteiger partial charge in [0.1, 0.15) is 12.3 Å². The Kier molecular flexibility index (Phi) is 8.68. The van der Waals surface area contributed by atoms with Crippen LogP contribution in [0, 0.1) is 0 Å². The molecule has 0 aliphatic carbocycles. The molecule has 2 aromatic carbocycles. The van der Waals surface area contributed by atoms with Gasteiger partial charge in [-0.1, -0.05) is 41.9 Å². The number of nitrogens with one attached hydrogen (secondary N) is 1. The molecule has 0 saturated heterocycles. The zero-order valence-corrected chi connectivity index (χ0v) is 19.8. The molecule has 3 amide bonds. The van der Waals surface area contributed by atoms with Crippen LogP contribution in [-0.4, -0.2) is 68.0 Å². The van der Waals surface area contributed by atoms with Crippen molar-refractivity contribution in [3.63, 3.8) is 0 Å². The van der Waals surface area contributed by atoms with Gasteiger partial charge in [0.25, 0.3) is 5.91 Å². The fraction of sp³-hybridized carbons (Fsp3) is 0.375. The van der Waals surface area contributed by atoms with Crippen molar-refractivity contribution in [2.24, 2.45) is 5.10 Å². The monoisotopic (exact) mass is 472 g/mol. The van der Waals surface area contributed by atoms with E-state index in [0.717, 1.165) is 22.6 Å². The number of hydrazone groups is 1. The van der Waals surface area contributed by atoms with Gasteiger partial charge < -0.3 is 19.7 Å². The van der Waals surface area contributed by atoms with Gasteiger partial charge in [-0.25, -0.2) is 9.80 Å². The highest BCUT2D eigenvalue weighted by Crippen LogP contribution is 2.35. The molecule has 1 N–H and O–H groups in total. The molecule has 0 spiro atoms. The molecule has 0 fully saturated rings. The molecule has 176 valence electrons. The largest absolute Gasteiger partial charge is 0.497 e. The molecule has 0 aromatic heterocycles. The zero-order chi connectivity index (χ0) is 23.8. The number of nitrogens with zero attached hydrogens (tertiary/aromatic N) is 3. The second kappa shape index (κ2) is 11.7. The summed E-state index contributed by atoms with van der Waals surface area (Å²) in [7, 11) is 3.16.